The van der Waals surface area contributed by atoms with Gasteiger partial charge in [0.2, 0.25) is 0 Å². The van der Waals surface area contributed by atoms with E-state index in [2.05, 4.69) is 0 Å². The smallest absolute Gasteiger partial charge is 0.254 e. The minimum atomic E-state index is -0.0745. The molecule has 1 aromatic rings. The molecule has 2 atom stereocenters. The Labute approximate surface area is 123 Å². The number of benzene rings is 1. The number of fused-ring (bicyclic) bond motifs is 1. The predicted molar refractivity (Wildman–Crippen MR) is 75.9 cm³/mol. The van der Waals surface area contributed by atoms with Gasteiger partial charge < -0.3 is 14.4 Å². The Hall–Kier alpha value is -1.10. The summed E-state index contributed by atoms with van der Waals surface area (Å²) in [5, 5.41) is 0. The average Bonchev–Trinajstić information content (AvgIpc) is 2.94. The topological polar surface area (TPSA) is 38.8 Å². The fourth-order valence-electron chi connectivity index (χ4n) is 2.66. The van der Waals surface area contributed by atoms with E-state index in [0.29, 0.717) is 32.2 Å². The molecule has 2 heterocycles. The lowest BCUT2D eigenvalue weighted by atomic mass is 10.0. The van der Waals surface area contributed by atoms with Crippen LogP contribution in [0.2, 0.25) is 0 Å². The number of hydrogen-bond donors (Lipinski definition) is 0. The molecule has 5 heteroatoms. The van der Waals surface area contributed by atoms with E-state index in [1.807, 2.05) is 30.0 Å². The largest absolute Gasteiger partial charge is 0.373 e. The summed E-state index contributed by atoms with van der Waals surface area (Å²) in [5.74, 6) is 0.458. The number of carbonyl (C=O) groups excluding carboxylic acids is 1. The molecule has 0 spiro atoms. The van der Waals surface area contributed by atoms with Gasteiger partial charge >= 0.3 is 0 Å². The first kappa shape index (κ1) is 13.9. The first-order valence-corrected chi connectivity index (χ1v) is 7.40. The van der Waals surface area contributed by atoms with Crippen LogP contribution in [0.4, 0.5) is 0 Å². The maximum absolute atomic E-state index is 12.7. The van der Waals surface area contributed by atoms with Gasteiger partial charge in [-0.1, -0.05) is 6.07 Å². The highest BCUT2D eigenvalue weighted by Gasteiger charge is 2.30. The van der Waals surface area contributed by atoms with Crippen LogP contribution in [0, 0.1) is 0 Å². The molecule has 1 fully saturated rings. The molecule has 20 heavy (non-hydrogen) atoms. The second-order valence-electron chi connectivity index (χ2n) is 5.39. The Balaban J connectivity index is 1.80. The Morgan fingerprint density at radius 2 is 2.20 bits per heavy atom. The third-order valence-corrected chi connectivity index (χ3v) is 4.25. The molecule has 0 N–H and O–H groups in total. The highest BCUT2D eigenvalue weighted by molar-refractivity contribution is 6.18. The molecule has 0 radical (unpaired) electrons. The number of ether oxygens (including phenoxy) is 2. The number of nitrogens with zero attached hydrogens (tertiary/aromatic N) is 1. The van der Waals surface area contributed by atoms with Crippen molar-refractivity contribution in [1.29, 1.82) is 0 Å². The van der Waals surface area contributed by atoms with E-state index in [9.17, 15) is 4.79 Å². The summed E-state index contributed by atoms with van der Waals surface area (Å²) in [7, 11) is 0. The molecule has 4 nitrogen and oxygen atoms in total. The van der Waals surface area contributed by atoms with Crippen molar-refractivity contribution in [2.45, 2.75) is 32.3 Å². The quantitative estimate of drug-likeness (QED) is 0.785. The van der Waals surface area contributed by atoms with E-state index < -0.39 is 0 Å². The average molecular weight is 296 g/mol. The van der Waals surface area contributed by atoms with Crippen LogP contribution in [0.25, 0.3) is 0 Å². The summed E-state index contributed by atoms with van der Waals surface area (Å²) < 4.78 is 11.0. The van der Waals surface area contributed by atoms with Crippen LogP contribution in [0.3, 0.4) is 0 Å². The van der Waals surface area contributed by atoms with Crippen molar-refractivity contribution in [1.82, 2.24) is 4.90 Å². The van der Waals surface area contributed by atoms with Crippen molar-refractivity contribution in [3.8, 4) is 0 Å². The van der Waals surface area contributed by atoms with Gasteiger partial charge in [-0.05, 0) is 30.2 Å². The molecule has 0 aromatic heterocycles. The zero-order chi connectivity index (χ0) is 14.1. The van der Waals surface area contributed by atoms with Crippen LogP contribution < -0.4 is 0 Å². The number of halogens is 1. The number of carbonyl (C=O) groups is 1. The maximum atomic E-state index is 12.7. The summed E-state index contributed by atoms with van der Waals surface area (Å²) in [6.07, 6.45) is -0.0745. The molecule has 1 saturated heterocycles. The van der Waals surface area contributed by atoms with Crippen LogP contribution >= 0.6 is 11.6 Å². The second kappa shape index (κ2) is 5.72. The fraction of sp³-hybridized carbons (Fsp3) is 0.533. The third-order valence-electron chi connectivity index (χ3n) is 3.91. The summed E-state index contributed by atoms with van der Waals surface area (Å²) in [5.41, 5.74) is 3.01. The molecule has 2 unspecified atom stereocenters. The SMILES string of the molecule is CC1COC(CCl)CN1C(=O)c1ccc2c(c1)COC2. The van der Waals surface area contributed by atoms with Gasteiger partial charge in [0.05, 0.1) is 37.8 Å². The van der Waals surface area contributed by atoms with Crippen LogP contribution in [0.1, 0.15) is 28.4 Å². The maximum Gasteiger partial charge on any atom is 0.254 e. The van der Waals surface area contributed by atoms with Crippen LogP contribution in [-0.2, 0) is 22.7 Å². The zero-order valence-corrected chi connectivity index (χ0v) is 12.2. The monoisotopic (exact) mass is 295 g/mol. The van der Waals surface area contributed by atoms with E-state index in [1.165, 1.54) is 5.56 Å². The van der Waals surface area contributed by atoms with Gasteiger partial charge in [-0.25, -0.2) is 0 Å². The van der Waals surface area contributed by atoms with Crippen LogP contribution in [-0.4, -0.2) is 42.0 Å². The number of hydrogen-bond acceptors (Lipinski definition) is 3. The van der Waals surface area contributed by atoms with E-state index in [1.54, 1.807) is 0 Å². The van der Waals surface area contributed by atoms with Gasteiger partial charge in [-0.2, -0.15) is 0 Å². The summed E-state index contributed by atoms with van der Waals surface area (Å²) in [6, 6.07) is 5.89. The molecule has 1 amide bonds. The minimum absolute atomic E-state index is 0.0469. The van der Waals surface area contributed by atoms with Crippen molar-refractivity contribution < 1.29 is 14.3 Å². The van der Waals surface area contributed by atoms with Crippen molar-refractivity contribution >= 4 is 17.5 Å². The van der Waals surface area contributed by atoms with E-state index in [4.69, 9.17) is 21.1 Å². The summed E-state index contributed by atoms with van der Waals surface area (Å²) >= 11 is 5.84. The van der Waals surface area contributed by atoms with Crippen LogP contribution in [0.15, 0.2) is 18.2 Å². The van der Waals surface area contributed by atoms with Crippen LogP contribution in [0.5, 0.6) is 0 Å². The number of alkyl halides is 1. The lowest BCUT2D eigenvalue weighted by Crippen LogP contribution is -2.51. The predicted octanol–water partition coefficient (Wildman–Crippen LogP) is 2.19. The summed E-state index contributed by atoms with van der Waals surface area (Å²) in [6.45, 7) is 4.33. The van der Waals surface area contributed by atoms with Gasteiger partial charge in [0.25, 0.3) is 5.91 Å². The molecule has 3 rings (SSSR count). The highest BCUT2D eigenvalue weighted by atomic mass is 35.5. The zero-order valence-electron chi connectivity index (χ0n) is 11.5. The summed E-state index contributed by atoms with van der Waals surface area (Å²) in [4.78, 5) is 14.5. The van der Waals surface area contributed by atoms with Crippen molar-refractivity contribution in [2.75, 3.05) is 19.0 Å². The van der Waals surface area contributed by atoms with Gasteiger partial charge in [0.15, 0.2) is 0 Å². The normalized spacial score (nSPS) is 25.6. The number of rotatable bonds is 2. The molecule has 0 saturated carbocycles. The molecular formula is C15H18ClNO3. The molecule has 1 aromatic carbocycles. The molecule has 2 aliphatic heterocycles. The lowest BCUT2D eigenvalue weighted by molar-refractivity contribution is -0.0371. The fourth-order valence-corrected chi connectivity index (χ4v) is 2.85. The number of amides is 1. The van der Waals surface area contributed by atoms with Crippen molar-refractivity contribution in [2.24, 2.45) is 0 Å². The molecule has 108 valence electrons. The van der Waals surface area contributed by atoms with Gasteiger partial charge in [-0.15, -0.1) is 11.6 Å². The van der Waals surface area contributed by atoms with E-state index in [-0.39, 0.29) is 18.1 Å². The molecule has 0 aliphatic carbocycles. The Kier molecular flexibility index (Phi) is 3.96. The van der Waals surface area contributed by atoms with E-state index >= 15 is 0 Å². The van der Waals surface area contributed by atoms with Gasteiger partial charge in [-0.3, -0.25) is 4.79 Å². The van der Waals surface area contributed by atoms with Gasteiger partial charge in [0, 0.05) is 12.1 Å². The second-order valence-corrected chi connectivity index (χ2v) is 5.70. The number of morpholine rings is 1. The standard InChI is InChI=1S/C15H18ClNO3/c1-10-7-20-14(5-16)6-17(10)15(18)11-2-3-12-8-19-9-13(12)4-11/h2-4,10,14H,5-9H2,1H3. The first-order chi connectivity index (χ1) is 9.69. The molecular weight excluding hydrogens is 278 g/mol. The Morgan fingerprint density at radius 1 is 1.40 bits per heavy atom. The Bertz CT molecular complexity index is 520. The third kappa shape index (κ3) is 2.55. The van der Waals surface area contributed by atoms with Gasteiger partial charge in [0.1, 0.15) is 0 Å². The van der Waals surface area contributed by atoms with Crippen molar-refractivity contribution in [3.63, 3.8) is 0 Å². The Morgan fingerprint density at radius 3 is 3.00 bits per heavy atom. The van der Waals surface area contributed by atoms with E-state index in [0.717, 1.165) is 11.1 Å². The minimum Gasteiger partial charge on any atom is -0.373 e. The first-order valence-electron chi connectivity index (χ1n) is 6.87. The molecule has 0 bridgehead atoms. The van der Waals surface area contributed by atoms with Crippen molar-refractivity contribution in [3.05, 3.63) is 34.9 Å². The molecule has 2 aliphatic rings. The highest BCUT2D eigenvalue weighted by Crippen LogP contribution is 2.23. The lowest BCUT2D eigenvalue weighted by Gasteiger charge is -2.37.